The third kappa shape index (κ3) is 4.07. The van der Waals surface area contributed by atoms with Crippen LogP contribution in [0.3, 0.4) is 0 Å². The minimum atomic E-state index is -0.360. The van der Waals surface area contributed by atoms with Gasteiger partial charge < -0.3 is 10.6 Å². The van der Waals surface area contributed by atoms with E-state index in [1.807, 2.05) is 6.92 Å². The Morgan fingerprint density at radius 2 is 2.19 bits per heavy atom. The Balaban J connectivity index is 2.16. The second-order valence-electron chi connectivity index (χ2n) is 3.19. The molecule has 7 nitrogen and oxygen atoms in total. The zero-order valence-electron chi connectivity index (χ0n) is 9.12. The van der Waals surface area contributed by atoms with Gasteiger partial charge >= 0.3 is 0 Å². The molecular formula is C9H15N5O2. The number of nitrogens with one attached hydrogen (secondary N) is 3. The Bertz CT molecular complexity index is 336. The quantitative estimate of drug-likeness (QED) is 0.604. The van der Waals surface area contributed by atoms with Crippen LogP contribution in [0.25, 0.3) is 0 Å². The van der Waals surface area contributed by atoms with Gasteiger partial charge in [0.25, 0.3) is 5.91 Å². The van der Waals surface area contributed by atoms with Gasteiger partial charge in [0.15, 0.2) is 0 Å². The number of hydrogen-bond acceptors (Lipinski definition) is 4. The maximum atomic E-state index is 11.3. The molecule has 2 amide bonds. The normalized spacial score (nSPS) is 9.81. The third-order valence-electron chi connectivity index (χ3n) is 1.84. The highest BCUT2D eigenvalue weighted by atomic mass is 16.2. The zero-order chi connectivity index (χ0) is 11.8. The molecule has 0 fully saturated rings. The predicted octanol–water partition coefficient (Wildman–Crippen LogP) is -0.549. The molecule has 0 saturated heterocycles. The molecule has 0 spiro atoms. The van der Waals surface area contributed by atoms with Gasteiger partial charge in [-0.05, 0) is 6.42 Å². The molecule has 0 aliphatic heterocycles. The summed E-state index contributed by atoms with van der Waals surface area (Å²) in [5, 5.41) is 11.3. The van der Waals surface area contributed by atoms with Crippen molar-refractivity contribution in [3.05, 3.63) is 12.2 Å². The SMILES string of the molecule is CCCNC(=O)CCNC(=O)c1ncn[nH]1. The lowest BCUT2D eigenvalue weighted by atomic mass is 10.3. The molecule has 0 atom stereocenters. The molecule has 1 rings (SSSR count). The second kappa shape index (κ2) is 6.54. The van der Waals surface area contributed by atoms with E-state index in [0.29, 0.717) is 6.54 Å². The van der Waals surface area contributed by atoms with Crippen LogP contribution in [-0.2, 0) is 4.79 Å². The van der Waals surface area contributed by atoms with Gasteiger partial charge in [-0.2, -0.15) is 5.10 Å². The zero-order valence-corrected chi connectivity index (χ0v) is 9.12. The predicted molar refractivity (Wildman–Crippen MR) is 56.6 cm³/mol. The smallest absolute Gasteiger partial charge is 0.288 e. The summed E-state index contributed by atoms with van der Waals surface area (Å²) in [7, 11) is 0. The number of amides is 2. The highest BCUT2D eigenvalue weighted by Gasteiger charge is 2.08. The summed E-state index contributed by atoms with van der Waals surface area (Å²) < 4.78 is 0. The van der Waals surface area contributed by atoms with Gasteiger partial charge in [-0.3, -0.25) is 14.7 Å². The van der Waals surface area contributed by atoms with Crippen LogP contribution in [0.5, 0.6) is 0 Å². The summed E-state index contributed by atoms with van der Waals surface area (Å²) in [5.41, 5.74) is 0. The Hall–Kier alpha value is -1.92. The van der Waals surface area contributed by atoms with Crippen LogP contribution in [0.1, 0.15) is 30.4 Å². The molecule has 0 bridgehead atoms. The molecule has 0 aliphatic carbocycles. The maximum Gasteiger partial charge on any atom is 0.288 e. The van der Waals surface area contributed by atoms with Crippen LogP contribution in [-0.4, -0.2) is 40.1 Å². The lowest BCUT2D eigenvalue weighted by Crippen LogP contribution is -2.31. The highest BCUT2D eigenvalue weighted by molar-refractivity contribution is 5.90. The van der Waals surface area contributed by atoms with Crippen LogP contribution in [0.2, 0.25) is 0 Å². The standard InChI is InChI=1S/C9H15N5O2/c1-2-4-10-7(15)3-5-11-9(16)8-12-6-13-14-8/h6H,2-5H2,1H3,(H,10,15)(H,11,16)(H,12,13,14). The van der Waals surface area contributed by atoms with E-state index in [1.54, 1.807) is 0 Å². The molecule has 88 valence electrons. The molecule has 7 heteroatoms. The van der Waals surface area contributed by atoms with Crippen molar-refractivity contribution in [1.29, 1.82) is 0 Å². The Morgan fingerprint density at radius 3 is 2.81 bits per heavy atom. The number of H-pyrrole nitrogens is 1. The van der Waals surface area contributed by atoms with Crippen molar-refractivity contribution >= 4 is 11.8 Å². The number of carbonyl (C=O) groups excluding carboxylic acids is 2. The first-order chi connectivity index (χ1) is 7.74. The van der Waals surface area contributed by atoms with E-state index in [0.717, 1.165) is 6.42 Å². The van der Waals surface area contributed by atoms with Crippen molar-refractivity contribution in [2.24, 2.45) is 0 Å². The minimum Gasteiger partial charge on any atom is -0.356 e. The van der Waals surface area contributed by atoms with Crippen LogP contribution < -0.4 is 10.6 Å². The number of carbonyl (C=O) groups is 2. The monoisotopic (exact) mass is 225 g/mol. The first kappa shape index (κ1) is 12.2. The molecule has 1 heterocycles. The number of aromatic amines is 1. The number of hydrogen-bond donors (Lipinski definition) is 3. The van der Waals surface area contributed by atoms with Gasteiger partial charge in [0.1, 0.15) is 6.33 Å². The molecule has 3 N–H and O–H groups in total. The summed E-state index contributed by atoms with van der Waals surface area (Å²) >= 11 is 0. The van der Waals surface area contributed by atoms with Crippen LogP contribution in [0, 0.1) is 0 Å². The van der Waals surface area contributed by atoms with Gasteiger partial charge in [0.2, 0.25) is 11.7 Å². The van der Waals surface area contributed by atoms with Gasteiger partial charge in [-0.15, -0.1) is 0 Å². The number of aromatic nitrogens is 3. The summed E-state index contributed by atoms with van der Waals surface area (Å²) in [6.07, 6.45) is 2.42. The summed E-state index contributed by atoms with van der Waals surface area (Å²) in [6.45, 7) is 2.93. The molecular weight excluding hydrogens is 210 g/mol. The molecule has 16 heavy (non-hydrogen) atoms. The van der Waals surface area contributed by atoms with Gasteiger partial charge in [-0.25, -0.2) is 4.98 Å². The van der Waals surface area contributed by atoms with E-state index in [4.69, 9.17) is 0 Å². The fourth-order valence-corrected chi connectivity index (χ4v) is 1.04. The first-order valence-electron chi connectivity index (χ1n) is 5.14. The molecule has 1 aromatic rings. The largest absolute Gasteiger partial charge is 0.356 e. The van der Waals surface area contributed by atoms with E-state index >= 15 is 0 Å². The summed E-state index contributed by atoms with van der Waals surface area (Å²) in [5.74, 6) is -0.283. The fraction of sp³-hybridized carbons (Fsp3) is 0.556. The molecule has 0 saturated carbocycles. The lowest BCUT2D eigenvalue weighted by Gasteiger charge is -2.04. The topological polar surface area (TPSA) is 99.8 Å². The maximum absolute atomic E-state index is 11.3. The van der Waals surface area contributed by atoms with Crippen molar-refractivity contribution < 1.29 is 9.59 Å². The highest BCUT2D eigenvalue weighted by Crippen LogP contribution is 1.85. The molecule has 0 unspecified atom stereocenters. The molecule has 1 aromatic heterocycles. The number of nitrogens with zero attached hydrogens (tertiary/aromatic N) is 2. The third-order valence-corrected chi connectivity index (χ3v) is 1.84. The van der Waals surface area contributed by atoms with Crippen LogP contribution >= 0.6 is 0 Å². The molecule has 0 radical (unpaired) electrons. The van der Waals surface area contributed by atoms with E-state index in [-0.39, 0.29) is 30.6 Å². The van der Waals surface area contributed by atoms with Gasteiger partial charge in [0.05, 0.1) is 0 Å². The van der Waals surface area contributed by atoms with Gasteiger partial charge in [-0.1, -0.05) is 6.92 Å². The summed E-state index contributed by atoms with van der Waals surface area (Å²) in [4.78, 5) is 26.2. The Labute approximate surface area is 93.0 Å². The molecule has 0 aliphatic rings. The average molecular weight is 225 g/mol. The number of rotatable bonds is 6. The minimum absolute atomic E-state index is 0.0697. The van der Waals surface area contributed by atoms with Crippen molar-refractivity contribution in [3.63, 3.8) is 0 Å². The van der Waals surface area contributed by atoms with Crippen molar-refractivity contribution in [1.82, 2.24) is 25.8 Å². The Kier molecular flexibility index (Phi) is 4.97. The van der Waals surface area contributed by atoms with Crippen molar-refractivity contribution in [2.75, 3.05) is 13.1 Å². The van der Waals surface area contributed by atoms with E-state index in [2.05, 4.69) is 25.8 Å². The average Bonchev–Trinajstić information content (AvgIpc) is 2.79. The lowest BCUT2D eigenvalue weighted by molar-refractivity contribution is -0.120. The summed E-state index contributed by atoms with van der Waals surface area (Å²) in [6, 6.07) is 0. The van der Waals surface area contributed by atoms with E-state index < -0.39 is 0 Å². The Morgan fingerprint density at radius 1 is 1.38 bits per heavy atom. The van der Waals surface area contributed by atoms with Crippen LogP contribution in [0.4, 0.5) is 0 Å². The van der Waals surface area contributed by atoms with Gasteiger partial charge in [0, 0.05) is 19.5 Å². The first-order valence-corrected chi connectivity index (χ1v) is 5.14. The second-order valence-corrected chi connectivity index (χ2v) is 3.19. The van der Waals surface area contributed by atoms with Crippen molar-refractivity contribution in [3.8, 4) is 0 Å². The fourth-order valence-electron chi connectivity index (χ4n) is 1.04. The van der Waals surface area contributed by atoms with Crippen molar-refractivity contribution in [2.45, 2.75) is 19.8 Å². The van der Waals surface area contributed by atoms with E-state index in [9.17, 15) is 9.59 Å². The van der Waals surface area contributed by atoms with Crippen LogP contribution in [0.15, 0.2) is 6.33 Å². The van der Waals surface area contributed by atoms with E-state index in [1.165, 1.54) is 6.33 Å². The molecule has 0 aromatic carbocycles.